The van der Waals surface area contributed by atoms with Crippen molar-refractivity contribution in [3.8, 4) is 11.4 Å². The molecule has 0 N–H and O–H groups in total. The van der Waals surface area contributed by atoms with Crippen LogP contribution in [-0.4, -0.2) is 21.0 Å². The first-order chi connectivity index (χ1) is 12.6. The fourth-order valence-corrected chi connectivity index (χ4v) is 2.79. The van der Waals surface area contributed by atoms with Gasteiger partial charge < -0.3 is 4.74 Å². The molecule has 0 aliphatic heterocycles. The number of benzene rings is 3. The lowest BCUT2D eigenvalue weighted by molar-refractivity contribution is 0.0733. The van der Waals surface area contributed by atoms with Crippen molar-refractivity contribution < 1.29 is 9.53 Å². The Labute approximate surface area is 150 Å². The number of ether oxygens (including phenoxy) is 1. The number of aromatic nitrogens is 3. The second-order valence-electron chi connectivity index (χ2n) is 6.15. The third-order valence-electron chi connectivity index (χ3n) is 4.18. The molecule has 0 atom stereocenters. The van der Waals surface area contributed by atoms with E-state index in [0.29, 0.717) is 17.0 Å². The normalized spacial score (nSPS) is 10.8. The van der Waals surface area contributed by atoms with Crippen LogP contribution in [-0.2, 0) is 0 Å². The summed E-state index contributed by atoms with van der Waals surface area (Å²) in [6.45, 7) is 3.86. The van der Waals surface area contributed by atoms with Crippen molar-refractivity contribution in [1.29, 1.82) is 0 Å². The molecule has 0 aliphatic rings. The van der Waals surface area contributed by atoms with Gasteiger partial charge in [-0.2, -0.15) is 0 Å². The molecule has 0 saturated carbocycles. The molecule has 0 spiro atoms. The largest absolute Gasteiger partial charge is 0.421 e. The highest BCUT2D eigenvalue weighted by Gasteiger charge is 2.16. The molecular formula is C21H17N3O2. The molecule has 5 heteroatoms. The Morgan fingerprint density at radius 2 is 1.54 bits per heavy atom. The molecule has 0 bridgehead atoms. The van der Waals surface area contributed by atoms with Crippen molar-refractivity contribution in [1.82, 2.24) is 15.0 Å². The third-order valence-corrected chi connectivity index (χ3v) is 4.18. The second kappa shape index (κ2) is 6.44. The zero-order chi connectivity index (χ0) is 18.1. The highest BCUT2D eigenvalue weighted by Crippen LogP contribution is 2.25. The predicted octanol–water partition coefficient (Wildman–Crippen LogP) is 4.26. The molecule has 26 heavy (non-hydrogen) atoms. The maximum Gasteiger partial charge on any atom is 0.343 e. The van der Waals surface area contributed by atoms with Crippen LogP contribution >= 0.6 is 0 Å². The molecule has 0 unspecified atom stereocenters. The van der Waals surface area contributed by atoms with E-state index in [4.69, 9.17) is 4.74 Å². The lowest BCUT2D eigenvalue weighted by Crippen LogP contribution is -2.12. The van der Waals surface area contributed by atoms with E-state index in [2.05, 4.69) is 10.2 Å². The van der Waals surface area contributed by atoms with E-state index in [0.717, 1.165) is 22.2 Å². The Bertz CT molecular complexity index is 1080. The van der Waals surface area contributed by atoms with E-state index in [1.807, 2.05) is 68.4 Å². The van der Waals surface area contributed by atoms with Crippen LogP contribution in [0, 0.1) is 13.8 Å². The van der Waals surface area contributed by atoms with E-state index < -0.39 is 5.97 Å². The molecule has 0 saturated heterocycles. The first-order valence-corrected chi connectivity index (χ1v) is 8.33. The van der Waals surface area contributed by atoms with Gasteiger partial charge in [-0.3, -0.25) is 0 Å². The number of hydrogen-bond acceptors (Lipinski definition) is 4. The van der Waals surface area contributed by atoms with E-state index >= 15 is 0 Å². The number of esters is 1. The van der Waals surface area contributed by atoms with Gasteiger partial charge in [-0.1, -0.05) is 36.4 Å². The molecule has 4 aromatic rings. The minimum atomic E-state index is -0.398. The Morgan fingerprint density at radius 3 is 2.23 bits per heavy atom. The van der Waals surface area contributed by atoms with Crippen LogP contribution in [0.3, 0.4) is 0 Å². The summed E-state index contributed by atoms with van der Waals surface area (Å²) in [6.07, 6.45) is 0. The molecular weight excluding hydrogens is 326 g/mol. The zero-order valence-electron chi connectivity index (χ0n) is 14.5. The van der Waals surface area contributed by atoms with Crippen LogP contribution in [0.1, 0.15) is 21.5 Å². The van der Waals surface area contributed by atoms with E-state index in [1.165, 1.54) is 4.80 Å². The SMILES string of the molecule is Cc1ccc(OC(=O)c2ccccc2C)c(-n2nc3ccccc3n2)c1. The number of aryl methyl sites for hydroxylation is 2. The van der Waals surface area contributed by atoms with E-state index in [-0.39, 0.29) is 0 Å². The van der Waals surface area contributed by atoms with Gasteiger partial charge in [-0.25, -0.2) is 4.79 Å². The lowest BCUT2D eigenvalue weighted by Gasteiger charge is -2.11. The van der Waals surface area contributed by atoms with Crippen molar-refractivity contribution in [2.45, 2.75) is 13.8 Å². The Kier molecular flexibility index (Phi) is 3.97. The molecule has 0 radical (unpaired) electrons. The zero-order valence-corrected chi connectivity index (χ0v) is 14.5. The molecule has 5 nitrogen and oxygen atoms in total. The number of nitrogens with zero attached hydrogens (tertiary/aromatic N) is 3. The van der Waals surface area contributed by atoms with Crippen molar-refractivity contribution in [3.63, 3.8) is 0 Å². The first kappa shape index (κ1) is 16.0. The Morgan fingerprint density at radius 1 is 0.885 bits per heavy atom. The number of rotatable bonds is 3. The molecule has 4 rings (SSSR count). The van der Waals surface area contributed by atoms with Crippen LogP contribution in [0.15, 0.2) is 66.7 Å². The van der Waals surface area contributed by atoms with Crippen molar-refractivity contribution in [2.24, 2.45) is 0 Å². The third kappa shape index (κ3) is 2.95. The quantitative estimate of drug-likeness (QED) is 0.412. The van der Waals surface area contributed by atoms with Gasteiger partial charge in [0, 0.05) is 0 Å². The fourth-order valence-electron chi connectivity index (χ4n) is 2.79. The summed E-state index contributed by atoms with van der Waals surface area (Å²) in [5.41, 5.74) is 4.63. The smallest absolute Gasteiger partial charge is 0.343 e. The fraction of sp³-hybridized carbons (Fsp3) is 0.0952. The molecule has 0 amide bonds. The second-order valence-corrected chi connectivity index (χ2v) is 6.15. The molecule has 0 aliphatic carbocycles. The van der Waals surface area contributed by atoms with Crippen LogP contribution in [0.4, 0.5) is 0 Å². The number of hydrogen-bond donors (Lipinski definition) is 0. The van der Waals surface area contributed by atoms with Gasteiger partial charge in [0.25, 0.3) is 0 Å². The maximum atomic E-state index is 12.6. The van der Waals surface area contributed by atoms with E-state index in [1.54, 1.807) is 12.1 Å². The molecule has 0 fully saturated rings. The topological polar surface area (TPSA) is 57.0 Å². The summed E-state index contributed by atoms with van der Waals surface area (Å²) in [5.74, 6) is 0.0223. The summed E-state index contributed by atoms with van der Waals surface area (Å²) in [4.78, 5) is 14.1. The molecule has 3 aromatic carbocycles. The van der Waals surface area contributed by atoms with Gasteiger partial charge in [0.2, 0.25) is 0 Å². The Hall–Kier alpha value is -3.47. The monoisotopic (exact) mass is 343 g/mol. The average Bonchev–Trinajstić information content (AvgIpc) is 3.07. The molecule has 1 heterocycles. The van der Waals surface area contributed by atoms with Gasteiger partial charge in [0.1, 0.15) is 16.7 Å². The highest BCUT2D eigenvalue weighted by molar-refractivity contribution is 5.93. The summed E-state index contributed by atoms with van der Waals surface area (Å²) in [6, 6.07) is 20.5. The average molecular weight is 343 g/mol. The Balaban J connectivity index is 1.75. The van der Waals surface area contributed by atoms with Gasteiger partial charge in [-0.15, -0.1) is 15.0 Å². The molecule has 128 valence electrons. The standard InChI is InChI=1S/C21H17N3O2/c1-14-11-12-20(26-21(25)16-8-4-3-7-15(16)2)19(13-14)24-22-17-9-5-6-10-18(17)23-24/h3-13H,1-2H3. The van der Waals surface area contributed by atoms with Gasteiger partial charge >= 0.3 is 5.97 Å². The summed E-state index contributed by atoms with van der Waals surface area (Å²) in [7, 11) is 0. The van der Waals surface area contributed by atoms with Crippen molar-refractivity contribution >= 4 is 17.0 Å². The van der Waals surface area contributed by atoms with Crippen LogP contribution in [0.2, 0.25) is 0 Å². The van der Waals surface area contributed by atoms with Gasteiger partial charge in [0.15, 0.2) is 5.75 Å². The van der Waals surface area contributed by atoms with Gasteiger partial charge in [-0.05, 0) is 55.3 Å². The summed E-state index contributed by atoms with van der Waals surface area (Å²) < 4.78 is 5.68. The van der Waals surface area contributed by atoms with Crippen molar-refractivity contribution in [2.75, 3.05) is 0 Å². The van der Waals surface area contributed by atoms with Gasteiger partial charge in [0.05, 0.1) is 5.56 Å². The number of fused-ring (bicyclic) bond motifs is 1. The van der Waals surface area contributed by atoms with Crippen LogP contribution in [0.25, 0.3) is 16.7 Å². The minimum Gasteiger partial charge on any atom is -0.421 e. The number of carbonyl (C=O) groups is 1. The minimum absolute atomic E-state index is 0.398. The first-order valence-electron chi connectivity index (χ1n) is 8.33. The van der Waals surface area contributed by atoms with Crippen LogP contribution in [0.5, 0.6) is 5.75 Å². The van der Waals surface area contributed by atoms with Crippen molar-refractivity contribution in [3.05, 3.63) is 83.4 Å². The summed E-state index contributed by atoms with van der Waals surface area (Å²) >= 11 is 0. The summed E-state index contributed by atoms with van der Waals surface area (Å²) in [5, 5.41) is 8.99. The number of carbonyl (C=O) groups excluding carboxylic acids is 1. The van der Waals surface area contributed by atoms with E-state index in [9.17, 15) is 4.79 Å². The highest BCUT2D eigenvalue weighted by atomic mass is 16.5. The predicted molar refractivity (Wildman–Crippen MR) is 99.7 cm³/mol. The lowest BCUT2D eigenvalue weighted by atomic mass is 10.1. The molecule has 1 aromatic heterocycles. The van der Waals surface area contributed by atoms with Crippen LogP contribution < -0.4 is 4.74 Å². The maximum absolute atomic E-state index is 12.6.